The molecule has 6 nitrogen and oxygen atoms in total. The number of aromatic nitrogens is 3. The molecule has 0 fully saturated rings. The van der Waals surface area contributed by atoms with Crippen LogP contribution in [-0.2, 0) is 13.1 Å². The van der Waals surface area contributed by atoms with Gasteiger partial charge in [-0.15, -0.1) is 0 Å². The number of nitrogens with zero attached hydrogens (tertiary/aromatic N) is 3. The van der Waals surface area contributed by atoms with Crippen molar-refractivity contribution in [1.29, 1.82) is 0 Å². The minimum absolute atomic E-state index is 0.550. The number of aryl methyl sites for hydroxylation is 2. The molecule has 0 unspecified atom stereocenters. The maximum atomic E-state index is 5.38. The molecule has 0 radical (unpaired) electrons. The van der Waals surface area contributed by atoms with Gasteiger partial charge in [-0.1, -0.05) is 5.16 Å². The van der Waals surface area contributed by atoms with Gasteiger partial charge in [-0.2, -0.15) is 4.98 Å². The molecule has 2 aromatic rings. The Kier molecular flexibility index (Phi) is 4.11. The molecular formula is C13H18N4O2. The lowest BCUT2D eigenvalue weighted by Gasteiger charge is -2.12. The number of nitrogens with one attached hydrogen (secondary N) is 1. The lowest BCUT2D eigenvalue weighted by molar-refractivity contribution is 0.385. The van der Waals surface area contributed by atoms with E-state index in [1.165, 1.54) is 0 Å². The zero-order valence-corrected chi connectivity index (χ0v) is 11.6. The van der Waals surface area contributed by atoms with E-state index in [0.29, 0.717) is 24.8 Å². The molecule has 0 atom stereocenters. The van der Waals surface area contributed by atoms with Crippen molar-refractivity contribution in [2.75, 3.05) is 7.11 Å². The highest BCUT2D eigenvalue weighted by molar-refractivity contribution is 5.40. The van der Waals surface area contributed by atoms with E-state index in [9.17, 15) is 0 Å². The summed E-state index contributed by atoms with van der Waals surface area (Å²) < 4.78 is 10.3. The van der Waals surface area contributed by atoms with Gasteiger partial charge in [0.05, 0.1) is 19.3 Å². The number of pyridine rings is 1. The Balaban J connectivity index is 2.00. The first kappa shape index (κ1) is 13.5. The molecule has 6 heteroatoms. The quantitative estimate of drug-likeness (QED) is 0.884. The summed E-state index contributed by atoms with van der Waals surface area (Å²) in [6.45, 7) is 6.95. The van der Waals surface area contributed by atoms with E-state index >= 15 is 0 Å². The smallest absolute Gasteiger partial charge is 0.223 e. The van der Waals surface area contributed by atoms with Crippen LogP contribution in [0.25, 0.3) is 0 Å². The summed E-state index contributed by atoms with van der Waals surface area (Å²) in [5.74, 6) is 2.11. The summed E-state index contributed by atoms with van der Waals surface area (Å²) in [5, 5.41) is 7.06. The van der Waals surface area contributed by atoms with E-state index in [2.05, 4.69) is 20.4 Å². The van der Waals surface area contributed by atoms with Crippen LogP contribution in [0.5, 0.6) is 5.75 Å². The molecule has 0 aromatic carbocycles. The van der Waals surface area contributed by atoms with E-state index < -0.39 is 0 Å². The number of rotatable bonds is 5. The fourth-order valence-corrected chi connectivity index (χ4v) is 1.96. The standard InChI is InChI=1S/C13H18N4O2/c1-8-5-15-11(9(2)13(8)18-4)6-14-7-12-16-10(3)19-17-12/h5,14H,6-7H2,1-4H3. The van der Waals surface area contributed by atoms with E-state index in [1.807, 2.05) is 20.0 Å². The van der Waals surface area contributed by atoms with Crippen molar-refractivity contribution < 1.29 is 9.26 Å². The average molecular weight is 262 g/mol. The first-order valence-corrected chi connectivity index (χ1v) is 6.10. The highest BCUT2D eigenvalue weighted by Gasteiger charge is 2.09. The summed E-state index contributed by atoms with van der Waals surface area (Å²) >= 11 is 0. The number of methoxy groups -OCH3 is 1. The lowest BCUT2D eigenvalue weighted by Crippen LogP contribution is -2.16. The van der Waals surface area contributed by atoms with Crippen molar-refractivity contribution in [2.45, 2.75) is 33.9 Å². The summed E-state index contributed by atoms with van der Waals surface area (Å²) in [5.41, 5.74) is 3.06. The van der Waals surface area contributed by atoms with Crippen molar-refractivity contribution in [3.05, 3.63) is 34.7 Å². The van der Waals surface area contributed by atoms with Crippen molar-refractivity contribution in [2.24, 2.45) is 0 Å². The predicted octanol–water partition coefficient (Wildman–Crippen LogP) is 1.69. The Hall–Kier alpha value is -1.95. The topological polar surface area (TPSA) is 73.1 Å². The fourth-order valence-electron chi connectivity index (χ4n) is 1.96. The summed E-state index contributed by atoms with van der Waals surface area (Å²) in [7, 11) is 1.68. The monoisotopic (exact) mass is 262 g/mol. The van der Waals surface area contributed by atoms with Crippen LogP contribution in [-0.4, -0.2) is 22.2 Å². The normalized spacial score (nSPS) is 10.7. The molecule has 2 rings (SSSR count). The lowest BCUT2D eigenvalue weighted by atomic mass is 10.1. The van der Waals surface area contributed by atoms with Crippen molar-refractivity contribution in [1.82, 2.24) is 20.4 Å². The highest BCUT2D eigenvalue weighted by Crippen LogP contribution is 2.23. The van der Waals surface area contributed by atoms with Gasteiger partial charge in [0.15, 0.2) is 5.82 Å². The van der Waals surface area contributed by atoms with Crippen LogP contribution in [0.4, 0.5) is 0 Å². The van der Waals surface area contributed by atoms with Gasteiger partial charge >= 0.3 is 0 Å². The third kappa shape index (κ3) is 3.08. The Bertz CT molecular complexity index is 566. The molecule has 0 aliphatic heterocycles. The molecule has 0 aliphatic rings. The SMILES string of the molecule is COc1c(C)cnc(CNCc2noc(C)n2)c1C. The van der Waals surface area contributed by atoms with E-state index in [0.717, 1.165) is 22.6 Å². The van der Waals surface area contributed by atoms with Crippen LogP contribution in [0.1, 0.15) is 28.5 Å². The summed E-state index contributed by atoms with van der Waals surface area (Å²) in [6.07, 6.45) is 1.82. The van der Waals surface area contributed by atoms with Crippen molar-refractivity contribution in [3.63, 3.8) is 0 Å². The zero-order chi connectivity index (χ0) is 13.8. The van der Waals surface area contributed by atoms with Gasteiger partial charge in [-0.05, 0) is 13.8 Å². The molecule has 2 heterocycles. The van der Waals surface area contributed by atoms with Crippen LogP contribution >= 0.6 is 0 Å². The van der Waals surface area contributed by atoms with Gasteiger partial charge in [0.2, 0.25) is 5.89 Å². The average Bonchev–Trinajstić information content (AvgIpc) is 2.79. The van der Waals surface area contributed by atoms with Gasteiger partial charge in [-0.3, -0.25) is 4.98 Å². The highest BCUT2D eigenvalue weighted by atomic mass is 16.5. The largest absolute Gasteiger partial charge is 0.496 e. The minimum Gasteiger partial charge on any atom is -0.496 e. The molecule has 0 saturated heterocycles. The summed E-state index contributed by atoms with van der Waals surface area (Å²) in [4.78, 5) is 8.54. The van der Waals surface area contributed by atoms with Crippen molar-refractivity contribution >= 4 is 0 Å². The number of hydrogen-bond donors (Lipinski definition) is 1. The molecule has 1 N–H and O–H groups in total. The molecule has 2 aromatic heterocycles. The van der Waals surface area contributed by atoms with E-state index in [-0.39, 0.29) is 0 Å². The molecule has 0 aliphatic carbocycles. The van der Waals surface area contributed by atoms with Gasteiger partial charge in [-0.25, -0.2) is 0 Å². The second-order valence-electron chi connectivity index (χ2n) is 4.38. The summed E-state index contributed by atoms with van der Waals surface area (Å²) in [6, 6.07) is 0. The molecule has 0 bridgehead atoms. The second-order valence-corrected chi connectivity index (χ2v) is 4.38. The van der Waals surface area contributed by atoms with Crippen LogP contribution in [0, 0.1) is 20.8 Å². The minimum atomic E-state index is 0.550. The van der Waals surface area contributed by atoms with Crippen LogP contribution in [0.3, 0.4) is 0 Å². The number of ether oxygens (including phenoxy) is 1. The Morgan fingerprint density at radius 2 is 2.05 bits per heavy atom. The first-order chi connectivity index (χ1) is 9.11. The molecule has 102 valence electrons. The third-order valence-corrected chi connectivity index (χ3v) is 2.89. The van der Waals surface area contributed by atoms with Gasteiger partial charge in [0.25, 0.3) is 0 Å². The Morgan fingerprint density at radius 1 is 1.26 bits per heavy atom. The first-order valence-electron chi connectivity index (χ1n) is 6.10. The van der Waals surface area contributed by atoms with Gasteiger partial charge < -0.3 is 14.6 Å². The van der Waals surface area contributed by atoms with Gasteiger partial charge in [0, 0.05) is 30.8 Å². The van der Waals surface area contributed by atoms with E-state index in [4.69, 9.17) is 9.26 Å². The molecule has 0 saturated carbocycles. The van der Waals surface area contributed by atoms with Crippen molar-refractivity contribution in [3.8, 4) is 5.75 Å². The van der Waals surface area contributed by atoms with E-state index in [1.54, 1.807) is 14.0 Å². The zero-order valence-electron chi connectivity index (χ0n) is 11.6. The Labute approximate surface area is 112 Å². The molecule has 19 heavy (non-hydrogen) atoms. The molecule has 0 spiro atoms. The third-order valence-electron chi connectivity index (χ3n) is 2.89. The Morgan fingerprint density at radius 3 is 2.68 bits per heavy atom. The maximum Gasteiger partial charge on any atom is 0.223 e. The van der Waals surface area contributed by atoms with Crippen LogP contribution in [0.15, 0.2) is 10.7 Å². The fraction of sp³-hybridized carbons (Fsp3) is 0.462. The van der Waals surface area contributed by atoms with Gasteiger partial charge in [0.1, 0.15) is 5.75 Å². The number of hydrogen-bond acceptors (Lipinski definition) is 6. The van der Waals surface area contributed by atoms with Crippen LogP contribution < -0.4 is 10.1 Å². The van der Waals surface area contributed by atoms with Crippen LogP contribution in [0.2, 0.25) is 0 Å². The maximum absolute atomic E-state index is 5.38. The molecule has 0 amide bonds. The second kappa shape index (κ2) is 5.79. The molecular weight excluding hydrogens is 244 g/mol. The predicted molar refractivity (Wildman–Crippen MR) is 69.8 cm³/mol.